The Morgan fingerprint density at radius 1 is 1.19 bits per heavy atom. The van der Waals surface area contributed by atoms with E-state index in [0.717, 1.165) is 5.56 Å². The molecule has 0 saturated carbocycles. The minimum absolute atomic E-state index is 0.0821. The first-order valence-electron chi connectivity index (χ1n) is 8.02. The number of nitrogens with one attached hydrogen (secondary N) is 3. The fourth-order valence-electron chi connectivity index (χ4n) is 2.74. The number of hydrogen-bond donors (Lipinski definition) is 3. The number of hydrogen-bond acceptors (Lipinski definition) is 2. The Labute approximate surface area is 154 Å². The Bertz CT molecular complexity index is 956. The average molecular weight is 374 g/mol. The predicted octanol–water partition coefficient (Wildman–Crippen LogP) is 3.57. The first-order chi connectivity index (χ1) is 12.5. The lowest BCUT2D eigenvalue weighted by Gasteiger charge is -2.18. The molecule has 134 valence electrons. The molecule has 2 aromatic carbocycles. The van der Waals surface area contributed by atoms with Crippen LogP contribution in [0.4, 0.5) is 4.39 Å². The molecule has 3 aromatic rings. The van der Waals surface area contributed by atoms with Gasteiger partial charge in [0.2, 0.25) is 5.91 Å². The lowest BCUT2D eigenvalue weighted by molar-refractivity contribution is -0.121. The number of halogens is 2. The summed E-state index contributed by atoms with van der Waals surface area (Å²) in [6.07, 6.45) is 0.0821. The standard InChI is InChI=1S/C19H17ClFN3O2/c1-22-16(25)10-15(11-5-3-2-4-6-11)24-19(26)18-17(20)13-9-12(21)7-8-14(13)23-18/h2-9,15,23H,10H2,1H3,(H,22,25)(H,24,26). The number of aromatic nitrogens is 1. The van der Waals surface area contributed by atoms with Crippen LogP contribution < -0.4 is 10.6 Å². The quantitative estimate of drug-likeness (QED) is 0.639. The van der Waals surface area contributed by atoms with Gasteiger partial charge in [0.1, 0.15) is 11.5 Å². The number of carbonyl (C=O) groups excluding carboxylic acids is 2. The second-order valence-electron chi connectivity index (χ2n) is 5.82. The van der Waals surface area contributed by atoms with Gasteiger partial charge in [-0.3, -0.25) is 9.59 Å². The maximum atomic E-state index is 13.4. The third kappa shape index (κ3) is 3.70. The SMILES string of the molecule is CNC(=O)CC(NC(=O)c1[nH]c2ccc(F)cc2c1Cl)c1ccccc1. The lowest BCUT2D eigenvalue weighted by atomic mass is 10.0. The summed E-state index contributed by atoms with van der Waals surface area (Å²) in [5.74, 6) is -1.11. The van der Waals surface area contributed by atoms with Gasteiger partial charge in [0.05, 0.1) is 17.5 Å². The van der Waals surface area contributed by atoms with Crippen LogP contribution in [0.15, 0.2) is 48.5 Å². The summed E-state index contributed by atoms with van der Waals surface area (Å²) in [4.78, 5) is 27.4. The summed E-state index contributed by atoms with van der Waals surface area (Å²) in [6.45, 7) is 0. The fraction of sp³-hybridized carbons (Fsp3) is 0.158. The van der Waals surface area contributed by atoms with Gasteiger partial charge < -0.3 is 15.6 Å². The number of H-pyrrole nitrogens is 1. The summed E-state index contributed by atoms with van der Waals surface area (Å²) < 4.78 is 13.4. The first kappa shape index (κ1) is 17.9. The van der Waals surface area contributed by atoms with Gasteiger partial charge in [-0.2, -0.15) is 0 Å². The third-order valence-corrected chi connectivity index (χ3v) is 4.49. The van der Waals surface area contributed by atoms with Crippen molar-refractivity contribution >= 4 is 34.3 Å². The van der Waals surface area contributed by atoms with E-state index in [1.807, 2.05) is 30.3 Å². The van der Waals surface area contributed by atoms with Crippen molar-refractivity contribution in [2.75, 3.05) is 7.05 Å². The molecule has 0 fully saturated rings. The molecule has 1 atom stereocenters. The molecule has 0 spiro atoms. The second-order valence-corrected chi connectivity index (χ2v) is 6.20. The maximum absolute atomic E-state index is 13.4. The Balaban J connectivity index is 1.90. The summed E-state index contributed by atoms with van der Waals surface area (Å²) in [5.41, 5.74) is 1.48. The number of rotatable bonds is 5. The molecule has 1 heterocycles. The predicted molar refractivity (Wildman–Crippen MR) is 98.6 cm³/mol. The molecule has 0 aliphatic carbocycles. The maximum Gasteiger partial charge on any atom is 0.269 e. The zero-order valence-corrected chi connectivity index (χ0v) is 14.7. The van der Waals surface area contributed by atoms with E-state index in [9.17, 15) is 14.0 Å². The topological polar surface area (TPSA) is 74.0 Å². The van der Waals surface area contributed by atoms with Crippen molar-refractivity contribution in [1.29, 1.82) is 0 Å². The van der Waals surface area contributed by atoms with Crippen molar-refractivity contribution in [3.05, 3.63) is 70.6 Å². The van der Waals surface area contributed by atoms with Crippen molar-refractivity contribution in [3.8, 4) is 0 Å². The van der Waals surface area contributed by atoms with Crippen LogP contribution in [0, 0.1) is 5.82 Å². The van der Waals surface area contributed by atoms with E-state index in [-0.39, 0.29) is 23.0 Å². The second kappa shape index (κ2) is 7.58. The molecule has 0 saturated heterocycles. The minimum atomic E-state index is -0.525. The normalized spacial score (nSPS) is 12.0. The number of carbonyl (C=O) groups is 2. The monoisotopic (exact) mass is 373 g/mol. The number of benzene rings is 2. The van der Waals surface area contributed by atoms with Crippen molar-refractivity contribution in [2.24, 2.45) is 0 Å². The van der Waals surface area contributed by atoms with Crippen molar-refractivity contribution < 1.29 is 14.0 Å². The van der Waals surface area contributed by atoms with Crippen LogP contribution >= 0.6 is 11.6 Å². The molecular formula is C19H17ClFN3O2. The summed E-state index contributed by atoms with van der Waals surface area (Å²) in [6, 6.07) is 12.7. The Morgan fingerprint density at radius 2 is 1.92 bits per heavy atom. The Kier molecular flexibility index (Phi) is 5.23. The Hall–Kier alpha value is -2.86. The molecule has 0 aliphatic heterocycles. The Morgan fingerprint density at radius 3 is 2.62 bits per heavy atom. The average Bonchev–Trinajstić information content (AvgIpc) is 2.98. The molecule has 0 radical (unpaired) electrons. The van der Waals surface area contributed by atoms with Crippen LogP contribution in [-0.2, 0) is 4.79 Å². The molecule has 7 heteroatoms. The lowest BCUT2D eigenvalue weighted by Crippen LogP contribution is -2.33. The summed E-state index contributed by atoms with van der Waals surface area (Å²) in [7, 11) is 1.54. The van der Waals surface area contributed by atoms with Crippen molar-refractivity contribution in [2.45, 2.75) is 12.5 Å². The fourth-order valence-corrected chi connectivity index (χ4v) is 3.03. The van der Waals surface area contributed by atoms with Crippen molar-refractivity contribution in [3.63, 3.8) is 0 Å². The van der Waals surface area contributed by atoms with Gasteiger partial charge in [-0.25, -0.2) is 4.39 Å². The zero-order chi connectivity index (χ0) is 18.7. The van der Waals surface area contributed by atoms with Gasteiger partial charge >= 0.3 is 0 Å². The molecule has 0 aliphatic rings. The molecule has 2 amide bonds. The summed E-state index contributed by atoms with van der Waals surface area (Å²) >= 11 is 6.25. The van der Waals surface area contributed by atoms with Crippen LogP contribution in [-0.4, -0.2) is 23.8 Å². The zero-order valence-electron chi connectivity index (χ0n) is 14.0. The highest BCUT2D eigenvalue weighted by Gasteiger charge is 2.22. The summed E-state index contributed by atoms with van der Waals surface area (Å²) in [5, 5.41) is 5.95. The van der Waals surface area contributed by atoms with E-state index in [1.54, 1.807) is 0 Å². The highest BCUT2D eigenvalue weighted by atomic mass is 35.5. The largest absolute Gasteiger partial charge is 0.359 e. The highest BCUT2D eigenvalue weighted by molar-refractivity contribution is 6.38. The number of fused-ring (bicyclic) bond motifs is 1. The van der Waals surface area contributed by atoms with E-state index in [4.69, 9.17) is 11.6 Å². The molecular weight excluding hydrogens is 357 g/mol. The van der Waals surface area contributed by atoms with Gasteiger partial charge in [0, 0.05) is 18.0 Å². The van der Waals surface area contributed by atoms with Gasteiger partial charge in [-0.1, -0.05) is 41.9 Å². The van der Waals surface area contributed by atoms with Crippen LogP contribution in [0.2, 0.25) is 5.02 Å². The molecule has 3 N–H and O–H groups in total. The van der Waals surface area contributed by atoms with Crippen LogP contribution in [0.1, 0.15) is 28.5 Å². The smallest absolute Gasteiger partial charge is 0.269 e. The minimum Gasteiger partial charge on any atom is -0.359 e. The van der Waals surface area contributed by atoms with E-state index in [0.29, 0.717) is 10.9 Å². The molecule has 1 unspecified atom stereocenters. The molecule has 1 aromatic heterocycles. The van der Waals surface area contributed by atoms with Gasteiger partial charge in [0.15, 0.2) is 0 Å². The molecule has 5 nitrogen and oxygen atoms in total. The van der Waals surface area contributed by atoms with Gasteiger partial charge in [-0.05, 0) is 23.8 Å². The molecule has 26 heavy (non-hydrogen) atoms. The van der Waals surface area contributed by atoms with E-state index < -0.39 is 17.8 Å². The third-order valence-electron chi connectivity index (χ3n) is 4.10. The van der Waals surface area contributed by atoms with Gasteiger partial charge in [-0.15, -0.1) is 0 Å². The van der Waals surface area contributed by atoms with Crippen LogP contribution in [0.3, 0.4) is 0 Å². The van der Waals surface area contributed by atoms with Crippen LogP contribution in [0.25, 0.3) is 10.9 Å². The van der Waals surface area contributed by atoms with E-state index in [1.165, 1.54) is 25.2 Å². The highest BCUT2D eigenvalue weighted by Crippen LogP contribution is 2.28. The molecule has 3 rings (SSSR count). The van der Waals surface area contributed by atoms with E-state index >= 15 is 0 Å². The van der Waals surface area contributed by atoms with Gasteiger partial charge in [0.25, 0.3) is 5.91 Å². The molecule has 0 bridgehead atoms. The van der Waals surface area contributed by atoms with Crippen LogP contribution in [0.5, 0.6) is 0 Å². The number of amides is 2. The first-order valence-corrected chi connectivity index (χ1v) is 8.40. The van der Waals surface area contributed by atoms with E-state index in [2.05, 4.69) is 15.6 Å². The number of aromatic amines is 1. The van der Waals surface area contributed by atoms with Crippen molar-refractivity contribution in [1.82, 2.24) is 15.6 Å².